The van der Waals surface area contributed by atoms with E-state index in [2.05, 4.69) is 0 Å². The van der Waals surface area contributed by atoms with E-state index in [1.165, 1.54) is 24.3 Å². The van der Waals surface area contributed by atoms with Crippen molar-refractivity contribution in [3.05, 3.63) is 64.7 Å². The van der Waals surface area contributed by atoms with Crippen LogP contribution in [0.5, 0.6) is 0 Å². The Morgan fingerprint density at radius 2 is 1.71 bits per heavy atom. The maximum Gasteiger partial charge on any atom is 0.335 e. The molecule has 1 fully saturated rings. The fourth-order valence-corrected chi connectivity index (χ4v) is 2.91. The van der Waals surface area contributed by atoms with E-state index in [1.807, 2.05) is 12.1 Å². The lowest BCUT2D eigenvalue weighted by Crippen LogP contribution is -2.30. The summed E-state index contributed by atoms with van der Waals surface area (Å²) in [6.07, 6.45) is 0.605. The summed E-state index contributed by atoms with van der Waals surface area (Å²) in [5, 5.41) is 9.53. The number of anilines is 1. The Morgan fingerprint density at radius 3 is 2.29 bits per heavy atom. The lowest BCUT2D eigenvalue weighted by Gasteiger charge is -2.15. The molecule has 1 saturated heterocycles. The number of carbonyl (C=O) groups is 3. The highest BCUT2D eigenvalue weighted by Gasteiger charge is 2.39. The van der Waals surface area contributed by atoms with Gasteiger partial charge in [-0.15, -0.1) is 0 Å². The summed E-state index contributed by atoms with van der Waals surface area (Å²) < 4.78 is 0. The first-order chi connectivity index (χ1) is 11.5. The van der Waals surface area contributed by atoms with Crippen LogP contribution in [0.4, 0.5) is 5.69 Å². The number of amides is 2. The van der Waals surface area contributed by atoms with E-state index in [4.69, 9.17) is 16.7 Å². The molecule has 1 aliphatic rings. The van der Waals surface area contributed by atoms with Crippen LogP contribution in [0.3, 0.4) is 0 Å². The quantitative estimate of drug-likeness (QED) is 0.865. The number of hydrogen-bond donors (Lipinski definition) is 1. The average Bonchev–Trinajstić information content (AvgIpc) is 2.83. The summed E-state index contributed by atoms with van der Waals surface area (Å²) >= 11 is 5.85. The minimum atomic E-state index is -1.05. The van der Waals surface area contributed by atoms with Crippen molar-refractivity contribution in [1.29, 1.82) is 0 Å². The van der Waals surface area contributed by atoms with Gasteiger partial charge < -0.3 is 5.11 Å². The number of carboxylic acid groups (broad SMARTS) is 1. The highest BCUT2D eigenvalue weighted by Crippen LogP contribution is 2.29. The van der Waals surface area contributed by atoms with Crippen LogP contribution in [-0.2, 0) is 16.0 Å². The highest BCUT2D eigenvalue weighted by molar-refractivity contribution is 6.30. The second-order valence-corrected chi connectivity index (χ2v) is 6.09. The molecule has 0 unspecified atom stereocenters. The third-order valence-electron chi connectivity index (χ3n) is 4.01. The number of halogens is 1. The van der Waals surface area contributed by atoms with E-state index >= 15 is 0 Å². The standard InChI is InChI=1S/C18H14ClNO4/c19-14-5-1-11(2-6-14)9-13-10-16(21)20(17(13)22)15-7-3-12(4-8-15)18(23)24/h1-8,13H,9-10H2,(H,23,24)/t13-/m0/s1. The van der Waals surface area contributed by atoms with Crippen LogP contribution in [0.15, 0.2) is 48.5 Å². The summed E-state index contributed by atoms with van der Waals surface area (Å²) in [5.41, 5.74) is 1.44. The molecule has 0 radical (unpaired) electrons. The second-order valence-electron chi connectivity index (χ2n) is 5.65. The van der Waals surface area contributed by atoms with Gasteiger partial charge >= 0.3 is 5.97 Å². The van der Waals surface area contributed by atoms with E-state index in [9.17, 15) is 14.4 Å². The van der Waals surface area contributed by atoms with Gasteiger partial charge in [0.15, 0.2) is 0 Å². The Kier molecular flexibility index (Phi) is 4.36. The fourth-order valence-electron chi connectivity index (χ4n) is 2.78. The predicted molar refractivity (Wildman–Crippen MR) is 89.2 cm³/mol. The van der Waals surface area contributed by atoms with Crippen LogP contribution in [0.1, 0.15) is 22.3 Å². The molecule has 1 aliphatic heterocycles. The maximum absolute atomic E-state index is 12.6. The summed E-state index contributed by atoms with van der Waals surface area (Å²) in [7, 11) is 0. The molecule has 0 aliphatic carbocycles. The number of rotatable bonds is 4. The summed E-state index contributed by atoms with van der Waals surface area (Å²) in [6.45, 7) is 0. The van der Waals surface area contributed by atoms with Gasteiger partial charge in [-0.3, -0.25) is 14.5 Å². The molecule has 1 atom stereocenters. The van der Waals surface area contributed by atoms with Gasteiger partial charge in [0.2, 0.25) is 11.8 Å². The monoisotopic (exact) mass is 343 g/mol. The van der Waals surface area contributed by atoms with Crippen LogP contribution >= 0.6 is 11.6 Å². The van der Waals surface area contributed by atoms with E-state index < -0.39 is 11.9 Å². The second kappa shape index (κ2) is 6.45. The Hall–Kier alpha value is -2.66. The molecule has 0 spiro atoms. The molecule has 2 aromatic carbocycles. The van der Waals surface area contributed by atoms with Crippen molar-refractivity contribution < 1.29 is 19.5 Å². The Bertz CT molecular complexity index is 799. The molecule has 24 heavy (non-hydrogen) atoms. The van der Waals surface area contributed by atoms with Gasteiger partial charge in [0, 0.05) is 11.4 Å². The molecule has 0 aromatic heterocycles. The van der Waals surface area contributed by atoms with Crippen LogP contribution in [0.2, 0.25) is 5.02 Å². The molecular weight excluding hydrogens is 330 g/mol. The van der Waals surface area contributed by atoms with Gasteiger partial charge in [0.25, 0.3) is 0 Å². The van der Waals surface area contributed by atoms with Gasteiger partial charge in [0.05, 0.1) is 17.2 Å². The van der Waals surface area contributed by atoms with Crippen LogP contribution < -0.4 is 4.90 Å². The van der Waals surface area contributed by atoms with Crippen LogP contribution in [-0.4, -0.2) is 22.9 Å². The molecule has 2 amide bonds. The summed E-state index contributed by atoms with van der Waals surface area (Å²) in [6, 6.07) is 12.9. The largest absolute Gasteiger partial charge is 0.478 e. The molecule has 1 heterocycles. The number of carbonyl (C=O) groups excluding carboxylic acids is 2. The molecule has 0 bridgehead atoms. The molecule has 2 aromatic rings. The highest BCUT2D eigenvalue weighted by atomic mass is 35.5. The number of benzene rings is 2. The van der Waals surface area contributed by atoms with E-state index in [0.717, 1.165) is 10.5 Å². The van der Waals surface area contributed by atoms with Gasteiger partial charge in [-0.25, -0.2) is 4.79 Å². The van der Waals surface area contributed by atoms with Gasteiger partial charge in [-0.1, -0.05) is 23.7 Å². The predicted octanol–water partition coefficient (Wildman–Crippen LogP) is 3.16. The van der Waals surface area contributed by atoms with Crippen molar-refractivity contribution in [3.8, 4) is 0 Å². The third-order valence-corrected chi connectivity index (χ3v) is 4.26. The Labute approximate surface area is 143 Å². The van der Waals surface area contributed by atoms with Crippen molar-refractivity contribution in [2.45, 2.75) is 12.8 Å². The zero-order chi connectivity index (χ0) is 17.3. The Balaban J connectivity index is 1.78. The first-order valence-corrected chi connectivity index (χ1v) is 7.78. The smallest absolute Gasteiger partial charge is 0.335 e. The third kappa shape index (κ3) is 3.16. The van der Waals surface area contributed by atoms with Crippen LogP contribution in [0.25, 0.3) is 0 Å². The first-order valence-electron chi connectivity index (χ1n) is 7.40. The molecular formula is C18H14ClNO4. The van der Waals surface area contributed by atoms with E-state index in [0.29, 0.717) is 17.1 Å². The molecule has 6 heteroatoms. The fraction of sp³-hybridized carbons (Fsp3) is 0.167. The van der Waals surface area contributed by atoms with Crippen molar-refractivity contribution >= 4 is 35.1 Å². The number of imide groups is 1. The van der Waals surface area contributed by atoms with E-state index in [-0.39, 0.29) is 23.8 Å². The summed E-state index contributed by atoms with van der Waals surface area (Å²) in [4.78, 5) is 36.8. The molecule has 0 saturated carbocycles. The molecule has 1 N–H and O–H groups in total. The van der Waals surface area contributed by atoms with Crippen molar-refractivity contribution in [2.75, 3.05) is 4.90 Å². The van der Waals surface area contributed by atoms with Gasteiger partial charge in [-0.05, 0) is 48.4 Å². The van der Waals surface area contributed by atoms with Gasteiger partial charge in [0.1, 0.15) is 0 Å². The lowest BCUT2D eigenvalue weighted by atomic mass is 9.98. The SMILES string of the molecule is O=C(O)c1ccc(N2C(=O)C[C@H](Cc3ccc(Cl)cc3)C2=O)cc1. The van der Waals surface area contributed by atoms with Crippen molar-refractivity contribution in [3.63, 3.8) is 0 Å². The lowest BCUT2D eigenvalue weighted by molar-refractivity contribution is -0.122. The molecule has 5 nitrogen and oxygen atoms in total. The Morgan fingerprint density at radius 1 is 1.08 bits per heavy atom. The average molecular weight is 344 g/mol. The molecule has 122 valence electrons. The molecule has 3 rings (SSSR count). The number of carboxylic acids is 1. The van der Waals surface area contributed by atoms with Crippen LogP contribution in [0, 0.1) is 5.92 Å². The van der Waals surface area contributed by atoms with Crippen molar-refractivity contribution in [1.82, 2.24) is 0 Å². The first kappa shape index (κ1) is 16.2. The maximum atomic E-state index is 12.6. The van der Waals surface area contributed by atoms with E-state index in [1.54, 1.807) is 12.1 Å². The van der Waals surface area contributed by atoms with Gasteiger partial charge in [-0.2, -0.15) is 0 Å². The van der Waals surface area contributed by atoms with Crippen molar-refractivity contribution in [2.24, 2.45) is 5.92 Å². The zero-order valence-electron chi connectivity index (χ0n) is 12.6. The minimum absolute atomic E-state index is 0.107. The number of nitrogens with zero attached hydrogens (tertiary/aromatic N) is 1. The normalized spacial score (nSPS) is 17.4. The number of aromatic carboxylic acids is 1. The number of hydrogen-bond acceptors (Lipinski definition) is 3. The minimum Gasteiger partial charge on any atom is -0.478 e. The summed E-state index contributed by atoms with van der Waals surface area (Å²) in [5.74, 6) is -2.01. The topological polar surface area (TPSA) is 74.7 Å². The zero-order valence-corrected chi connectivity index (χ0v) is 13.4.